The molecule has 31 heavy (non-hydrogen) atoms. The Balaban J connectivity index is 0.00000480. The normalized spacial score (nSPS) is 11.5. The van der Waals surface area contributed by atoms with Crippen LogP contribution < -0.4 is 15.4 Å². The maximum Gasteiger partial charge on any atom is 0.191 e. The zero-order chi connectivity index (χ0) is 22.0. The van der Waals surface area contributed by atoms with Crippen LogP contribution in [0.4, 0.5) is 0 Å². The van der Waals surface area contributed by atoms with Crippen molar-refractivity contribution in [1.29, 1.82) is 0 Å². The Kier molecular flexibility index (Phi) is 11.9. The van der Waals surface area contributed by atoms with E-state index in [9.17, 15) is 8.42 Å². The maximum atomic E-state index is 11.6. The molecule has 172 valence electrons. The molecule has 0 aliphatic heterocycles. The summed E-state index contributed by atoms with van der Waals surface area (Å²) >= 11 is 0. The summed E-state index contributed by atoms with van der Waals surface area (Å²) in [5.74, 6) is 1.57. The number of aryl methyl sites for hydroxylation is 1. The van der Waals surface area contributed by atoms with Gasteiger partial charge in [-0.3, -0.25) is 4.99 Å². The van der Waals surface area contributed by atoms with E-state index in [-0.39, 0.29) is 24.0 Å². The number of ether oxygens (including phenoxy) is 1. The first-order valence-corrected chi connectivity index (χ1v) is 12.2. The summed E-state index contributed by atoms with van der Waals surface area (Å²) in [5.41, 5.74) is 3.22. The van der Waals surface area contributed by atoms with Crippen LogP contribution in [0.25, 0.3) is 0 Å². The topological polar surface area (TPSA) is 79.8 Å². The van der Waals surface area contributed by atoms with Gasteiger partial charge in [-0.05, 0) is 42.7 Å². The van der Waals surface area contributed by atoms with Gasteiger partial charge < -0.3 is 15.4 Å². The first kappa shape index (κ1) is 27.2. The number of guanidine groups is 1. The van der Waals surface area contributed by atoms with Crippen molar-refractivity contribution in [3.05, 3.63) is 59.2 Å². The van der Waals surface area contributed by atoms with Gasteiger partial charge in [-0.15, -0.1) is 24.0 Å². The van der Waals surface area contributed by atoms with Gasteiger partial charge in [0.2, 0.25) is 0 Å². The molecule has 0 atom stereocenters. The Labute approximate surface area is 203 Å². The molecule has 0 aliphatic carbocycles. The number of sulfone groups is 1. The first-order chi connectivity index (χ1) is 14.3. The maximum absolute atomic E-state index is 11.6. The number of halogens is 1. The molecule has 0 saturated carbocycles. The molecule has 0 aromatic heterocycles. The third-order valence-electron chi connectivity index (χ3n) is 4.71. The second-order valence-corrected chi connectivity index (χ2v) is 9.38. The molecule has 2 aromatic carbocycles. The molecule has 0 spiro atoms. The van der Waals surface area contributed by atoms with Crippen LogP contribution in [0.3, 0.4) is 0 Å². The number of hydrogen-bond donors (Lipinski definition) is 2. The van der Waals surface area contributed by atoms with Crippen molar-refractivity contribution in [2.45, 2.75) is 51.1 Å². The van der Waals surface area contributed by atoms with Gasteiger partial charge in [0, 0.05) is 32.0 Å². The van der Waals surface area contributed by atoms with E-state index in [4.69, 9.17) is 4.74 Å². The second-order valence-electron chi connectivity index (χ2n) is 7.36. The molecule has 0 unspecified atom stereocenters. The molecular formula is C23H34IN3O3S. The minimum Gasteiger partial charge on any atom is -0.493 e. The average Bonchev–Trinajstić information content (AvgIpc) is 2.72. The van der Waals surface area contributed by atoms with Gasteiger partial charge in [-0.1, -0.05) is 44.0 Å². The van der Waals surface area contributed by atoms with Gasteiger partial charge in [0.1, 0.15) is 5.75 Å². The highest BCUT2D eigenvalue weighted by Gasteiger charge is 2.08. The number of unbranched alkanes of at least 4 members (excludes halogenated alkanes) is 2. The lowest BCUT2D eigenvalue weighted by Crippen LogP contribution is -2.36. The van der Waals surface area contributed by atoms with Crippen molar-refractivity contribution < 1.29 is 13.2 Å². The highest BCUT2D eigenvalue weighted by atomic mass is 127. The number of hydrogen-bond acceptors (Lipinski definition) is 4. The molecule has 0 bridgehead atoms. The van der Waals surface area contributed by atoms with Crippen molar-refractivity contribution in [3.8, 4) is 5.75 Å². The van der Waals surface area contributed by atoms with E-state index in [2.05, 4.69) is 47.7 Å². The van der Waals surface area contributed by atoms with Crippen LogP contribution in [0.2, 0.25) is 0 Å². The molecule has 8 heteroatoms. The lowest BCUT2D eigenvalue weighted by molar-refractivity contribution is 0.303. The fourth-order valence-electron chi connectivity index (χ4n) is 2.92. The largest absolute Gasteiger partial charge is 0.493 e. The Morgan fingerprint density at radius 3 is 2.32 bits per heavy atom. The van der Waals surface area contributed by atoms with Crippen LogP contribution in [0.1, 0.15) is 42.9 Å². The van der Waals surface area contributed by atoms with Gasteiger partial charge in [0.05, 0.1) is 11.5 Å². The highest BCUT2D eigenvalue weighted by Crippen LogP contribution is 2.21. The van der Waals surface area contributed by atoms with E-state index in [1.807, 2.05) is 0 Å². The van der Waals surface area contributed by atoms with Crippen molar-refractivity contribution in [3.63, 3.8) is 0 Å². The Morgan fingerprint density at radius 1 is 1.03 bits per heavy atom. The summed E-state index contributed by atoms with van der Waals surface area (Å²) in [6, 6.07) is 13.1. The molecular weight excluding hydrogens is 525 g/mol. The molecule has 0 radical (unpaired) electrons. The number of aliphatic imine (C=N–C) groups is 1. The number of rotatable bonds is 10. The van der Waals surface area contributed by atoms with E-state index < -0.39 is 9.84 Å². The van der Waals surface area contributed by atoms with E-state index in [0.29, 0.717) is 23.9 Å². The van der Waals surface area contributed by atoms with E-state index in [1.165, 1.54) is 24.7 Å². The summed E-state index contributed by atoms with van der Waals surface area (Å²) in [5, 5.41) is 6.57. The third kappa shape index (κ3) is 9.47. The van der Waals surface area contributed by atoms with Crippen molar-refractivity contribution >= 4 is 39.8 Å². The van der Waals surface area contributed by atoms with Crippen LogP contribution in [0.15, 0.2) is 52.4 Å². The monoisotopic (exact) mass is 559 g/mol. The molecule has 0 amide bonds. The average molecular weight is 560 g/mol. The summed E-state index contributed by atoms with van der Waals surface area (Å²) in [4.78, 5) is 4.59. The molecule has 2 aromatic rings. The third-order valence-corrected chi connectivity index (χ3v) is 5.84. The number of benzene rings is 2. The molecule has 0 saturated heterocycles. The number of nitrogens with one attached hydrogen (secondary N) is 2. The zero-order valence-electron chi connectivity index (χ0n) is 18.8. The summed E-state index contributed by atoms with van der Waals surface area (Å²) in [6.07, 6.45) is 4.60. The molecule has 6 nitrogen and oxygen atoms in total. The summed E-state index contributed by atoms with van der Waals surface area (Å²) < 4.78 is 29.1. The smallest absolute Gasteiger partial charge is 0.191 e. The Bertz CT molecular complexity index is 945. The fourth-order valence-corrected chi connectivity index (χ4v) is 3.55. The van der Waals surface area contributed by atoms with Gasteiger partial charge in [-0.2, -0.15) is 0 Å². The second kappa shape index (κ2) is 13.6. The minimum absolute atomic E-state index is 0. The Morgan fingerprint density at radius 2 is 1.71 bits per heavy atom. The first-order valence-electron chi connectivity index (χ1n) is 10.3. The molecule has 0 heterocycles. The highest BCUT2D eigenvalue weighted by molar-refractivity contribution is 14.0. The van der Waals surface area contributed by atoms with E-state index in [0.717, 1.165) is 29.9 Å². The standard InChI is InChI=1S/C23H33N3O3S.HI/c1-5-6-7-14-29-22-15-18(2)8-11-20(22)17-26-23(24-3)25-16-19-9-12-21(13-10-19)30(4,27)28;/h8-13,15H,5-7,14,16-17H2,1-4H3,(H2,24,25,26);1H. The molecule has 0 aliphatic rings. The van der Waals surface area contributed by atoms with Gasteiger partial charge >= 0.3 is 0 Å². The zero-order valence-corrected chi connectivity index (χ0v) is 21.9. The van der Waals surface area contributed by atoms with Crippen molar-refractivity contribution in [2.75, 3.05) is 19.9 Å². The summed E-state index contributed by atoms with van der Waals surface area (Å²) in [6.45, 7) is 6.10. The van der Waals surface area contributed by atoms with Crippen LogP contribution >= 0.6 is 24.0 Å². The van der Waals surface area contributed by atoms with E-state index >= 15 is 0 Å². The predicted molar refractivity (Wildman–Crippen MR) is 138 cm³/mol. The van der Waals surface area contributed by atoms with Gasteiger partial charge in [0.25, 0.3) is 0 Å². The van der Waals surface area contributed by atoms with Crippen LogP contribution in [-0.4, -0.2) is 34.3 Å². The molecule has 0 fully saturated rings. The molecule has 2 rings (SSSR count). The van der Waals surface area contributed by atoms with Gasteiger partial charge in [0.15, 0.2) is 15.8 Å². The SMILES string of the molecule is CCCCCOc1cc(C)ccc1CNC(=NC)NCc1ccc(S(C)(=O)=O)cc1.I. The van der Waals surface area contributed by atoms with Crippen LogP contribution in [0, 0.1) is 6.92 Å². The Hall–Kier alpha value is -1.81. The predicted octanol–water partition coefficient (Wildman–Crippen LogP) is 4.45. The molecule has 2 N–H and O–H groups in total. The quantitative estimate of drug-likeness (QED) is 0.195. The fraction of sp³-hybridized carbons (Fsp3) is 0.435. The van der Waals surface area contributed by atoms with Crippen LogP contribution in [0.5, 0.6) is 5.75 Å². The van der Waals surface area contributed by atoms with Crippen molar-refractivity contribution in [1.82, 2.24) is 10.6 Å². The van der Waals surface area contributed by atoms with Gasteiger partial charge in [-0.25, -0.2) is 8.42 Å². The number of nitrogens with zero attached hydrogens (tertiary/aromatic N) is 1. The lowest BCUT2D eigenvalue weighted by atomic mass is 10.1. The van der Waals surface area contributed by atoms with E-state index in [1.54, 1.807) is 31.3 Å². The summed E-state index contributed by atoms with van der Waals surface area (Å²) in [7, 11) is -1.46. The minimum atomic E-state index is -3.18. The lowest BCUT2D eigenvalue weighted by Gasteiger charge is -2.15. The van der Waals surface area contributed by atoms with Crippen molar-refractivity contribution in [2.24, 2.45) is 4.99 Å². The van der Waals surface area contributed by atoms with Crippen LogP contribution in [-0.2, 0) is 22.9 Å².